The van der Waals surface area contributed by atoms with Crippen molar-refractivity contribution in [2.75, 3.05) is 13.1 Å². The maximum Gasteiger partial charge on any atom is 0.261 e. The molecular weight excluding hydrogens is 486 g/mol. The summed E-state index contributed by atoms with van der Waals surface area (Å²) in [6.07, 6.45) is 8.63. The second-order valence-corrected chi connectivity index (χ2v) is 9.60. The van der Waals surface area contributed by atoms with Gasteiger partial charge in [0, 0.05) is 66.2 Å². The van der Waals surface area contributed by atoms with Gasteiger partial charge in [0.1, 0.15) is 5.69 Å². The van der Waals surface area contributed by atoms with Crippen LogP contribution in [0.1, 0.15) is 12.0 Å². The topological polar surface area (TPSA) is 99.3 Å². The fraction of sp³-hybridized carbons (Fsp3) is 0.179. The van der Waals surface area contributed by atoms with Crippen molar-refractivity contribution >= 4 is 21.8 Å². The molecule has 0 aliphatic carbocycles. The molecule has 0 aromatic carbocycles. The second-order valence-electron chi connectivity index (χ2n) is 9.60. The maximum absolute atomic E-state index is 13.6. The van der Waals surface area contributed by atoms with Crippen LogP contribution >= 0.6 is 0 Å². The van der Waals surface area contributed by atoms with E-state index in [0.717, 1.165) is 61.4 Å². The summed E-state index contributed by atoms with van der Waals surface area (Å²) in [5.74, 6) is -2.62. The van der Waals surface area contributed by atoms with E-state index in [2.05, 4.69) is 35.1 Å². The molecule has 6 aromatic heterocycles. The monoisotopic (exact) mass is 508 g/mol. The summed E-state index contributed by atoms with van der Waals surface area (Å²) in [5, 5.41) is 9.50. The lowest BCUT2D eigenvalue weighted by molar-refractivity contribution is 0.0115. The van der Waals surface area contributed by atoms with Gasteiger partial charge in [-0.25, -0.2) is 8.78 Å². The minimum atomic E-state index is -2.62. The molecule has 8 nitrogen and oxygen atoms in total. The fourth-order valence-corrected chi connectivity index (χ4v) is 5.08. The average molecular weight is 509 g/mol. The van der Waals surface area contributed by atoms with Gasteiger partial charge < -0.3 is 4.98 Å². The lowest BCUT2D eigenvalue weighted by Gasteiger charge is -2.15. The molecule has 6 aromatic rings. The molecule has 2 N–H and O–H groups in total. The molecule has 0 amide bonds. The highest BCUT2D eigenvalue weighted by Crippen LogP contribution is 2.34. The zero-order valence-electron chi connectivity index (χ0n) is 20.2. The number of fused-ring (bicyclic) bond motifs is 2. The molecule has 1 aliphatic heterocycles. The third-order valence-corrected chi connectivity index (χ3v) is 6.90. The van der Waals surface area contributed by atoms with Crippen LogP contribution in [0, 0.1) is 0 Å². The van der Waals surface area contributed by atoms with Crippen molar-refractivity contribution in [3.8, 4) is 34.0 Å². The molecule has 0 unspecified atom stereocenters. The smallest absolute Gasteiger partial charge is 0.261 e. The van der Waals surface area contributed by atoms with E-state index < -0.39 is 5.92 Å². The standard InChI is InChI=1S/C28H22F2N8/c29-28(30)5-8-38(16-28)15-17-9-18(13-31-12-17)23-10-20-25(14-34-23)36-37-27(20)24-11-19-21(35-24)4-7-33-26(19)22-3-1-2-6-32-22/h1-4,6-7,9-14,35H,5,8,15-16H2,(H,36,37). The quantitative estimate of drug-likeness (QED) is 0.321. The van der Waals surface area contributed by atoms with Crippen LogP contribution in [0.5, 0.6) is 0 Å². The molecule has 7 rings (SSSR count). The van der Waals surface area contributed by atoms with Gasteiger partial charge in [-0.15, -0.1) is 0 Å². The van der Waals surface area contributed by atoms with E-state index in [1.807, 2.05) is 42.5 Å². The summed E-state index contributed by atoms with van der Waals surface area (Å²) in [5.41, 5.74) is 7.36. The van der Waals surface area contributed by atoms with Crippen molar-refractivity contribution in [1.82, 2.24) is 40.0 Å². The van der Waals surface area contributed by atoms with Crippen LogP contribution in [-0.2, 0) is 6.54 Å². The van der Waals surface area contributed by atoms with Gasteiger partial charge in [0.2, 0.25) is 0 Å². The third-order valence-electron chi connectivity index (χ3n) is 6.90. The van der Waals surface area contributed by atoms with Gasteiger partial charge in [-0.3, -0.25) is 29.9 Å². The molecule has 1 aliphatic rings. The summed E-state index contributed by atoms with van der Waals surface area (Å²) >= 11 is 0. The van der Waals surface area contributed by atoms with Crippen LogP contribution in [0.15, 0.2) is 73.4 Å². The molecular formula is C28H22F2N8. The number of nitrogens with zero attached hydrogens (tertiary/aromatic N) is 6. The number of aromatic amines is 2. The summed E-state index contributed by atoms with van der Waals surface area (Å²) in [4.78, 5) is 23.2. The molecule has 10 heteroatoms. The maximum atomic E-state index is 13.6. The lowest BCUT2D eigenvalue weighted by atomic mass is 10.1. The van der Waals surface area contributed by atoms with Crippen molar-refractivity contribution in [2.24, 2.45) is 0 Å². The Morgan fingerprint density at radius 3 is 2.63 bits per heavy atom. The van der Waals surface area contributed by atoms with E-state index in [0.29, 0.717) is 13.1 Å². The van der Waals surface area contributed by atoms with E-state index in [4.69, 9.17) is 0 Å². The highest BCUT2D eigenvalue weighted by Gasteiger charge is 2.37. The first-order chi connectivity index (χ1) is 18.5. The Labute approximate surface area is 215 Å². The number of hydrogen-bond acceptors (Lipinski definition) is 6. The molecule has 38 heavy (non-hydrogen) atoms. The number of aromatic nitrogens is 7. The summed E-state index contributed by atoms with van der Waals surface area (Å²) in [6.45, 7) is 0.584. The van der Waals surface area contributed by atoms with E-state index in [1.165, 1.54) is 0 Å². The van der Waals surface area contributed by atoms with Crippen molar-refractivity contribution in [3.63, 3.8) is 0 Å². The molecule has 7 heterocycles. The molecule has 0 atom stereocenters. The Bertz CT molecular complexity index is 1780. The first-order valence-electron chi connectivity index (χ1n) is 12.3. The van der Waals surface area contributed by atoms with E-state index >= 15 is 0 Å². The molecule has 0 spiro atoms. The Hall–Kier alpha value is -4.57. The zero-order valence-corrected chi connectivity index (χ0v) is 20.2. The van der Waals surface area contributed by atoms with Crippen LogP contribution in [0.3, 0.4) is 0 Å². The summed E-state index contributed by atoms with van der Waals surface area (Å²) in [6, 6.07) is 13.7. The normalized spacial score (nSPS) is 15.5. The molecule has 0 saturated carbocycles. The van der Waals surface area contributed by atoms with Crippen LogP contribution in [0.4, 0.5) is 8.78 Å². The number of pyridine rings is 4. The predicted molar refractivity (Wildman–Crippen MR) is 140 cm³/mol. The predicted octanol–water partition coefficient (Wildman–Crippen LogP) is 5.47. The fourth-order valence-electron chi connectivity index (χ4n) is 5.08. The SMILES string of the molecule is FC1(F)CCN(Cc2cncc(-c3cc4c(-c5cc6c(-c7ccccn7)nccc6[nH]5)n[nH]c4cn3)c2)C1. The van der Waals surface area contributed by atoms with Gasteiger partial charge in [-0.05, 0) is 42.0 Å². The summed E-state index contributed by atoms with van der Waals surface area (Å²) in [7, 11) is 0. The molecule has 1 saturated heterocycles. The van der Waals surface area contributed by atoms with Gasteiger partial charge in [0.15, 0.2) is 0 Å². The average Bonchev–Trinajstić information content (AvgIpc) is 3.64. The van der Waals surface area contributed by atoms with Gasteiger partial charge in [0.05, 0.1) is 41.0 Å². The van der Waals surface area contributed by atoms with Crippen molar-refractivity contribution in [2.45, 2.75) is 18.9 Å². The van der Waals surface area contributed by atoms with Gasteiger partial charge >= 0.3 is 0 Å². The van der Waals surface area contributed by atoms with Gasteiger partial charge in [0.25, 0.3) is 5.92 Å². The highest BCUT2D eigenvalue weighted by atomic mass is 19.3. The number of halogens is 2. The molecule has 0 radical (unpaired) electrons. The van der Waals surface area contributed by atoms with Crippen molar-refractivity contribution in [1.29, 1.82) is 0 Å². The largest absolute Gasteiger partial charge is 0.353 e. The first-order valence-corrected chi connectivity index (χ1v) is 12.3. The van der Waals surface area contributed by atoms with E-state index in [1.54, 1.807) is 35.9 Å². The number of hydrogen-bond donors (Lipinski definition) is 2. The Balaban J connectivity index is 1.24. The van der Waals surface area contributed by atoms with Crippen LogP contribution in [0.25, 0.3) is 55.8 Å². The molecule has 1 fully saturated rings. The Morgan fingerprint density at radius 2 is 1.79 bits per heavy atom. The number of likely N-dealkylation sites (tertiary alicyclic amines) is 1. The molecule has 188 valence electrons. The van der Waals surface area contributed by atoms with Crippen molar-refractivity contribution < 1.29 is 8.78 Å². The van der Waals surface area contributed by atoms with Gasteiger partial charge in [-0.1, -0.05) is 6.07 Å². The van der Waals surface area contributed by atoms with Crippen LogP contribution in [-0.4, -0.2) is 59.0 Å². The second kappa shape index (κ2) is 8.77. The van der Waals surface area contributed by atoms with E-state index in [9.17, 15) is 8.78 Å². The van der Waals surface area contributed by atoms with Crippen LogP contribution in [0.2, 0.25) is 0 Å². The summed E-state index contributed by atoms with van der Waals surface area (Å²) < 4.78 is 27.3. The number of nitrogens with one attached hydrogen (secondary N) is 2. The molecule has 0 bridgehead atoms. The highest BCUT2D eigenvalue weighted by molar-refractivity contribution is 6.00. The van der Waals surface area contributed by atoms with Crippen molar-refractivity contribution in [3.05, 3.63) is 79.0 Å². The lowest BCUT2D eigenvalue weighted by Crippen LogP contribution is -2.24. The third kappa shape index (κ3) is 4.08. The minimum Gasteiger partial charge on any atom is -0.353 e. The number of H-pyrrole nitrogens is 2. The first kappa shape index (κ1) is 22.6. The van der Waals surface area contributed by atoms with Crippen LogP contribution < -0.4 is 0 Å². The number of rotatable bonds is 5. The van der Waals surface area contributed by atoms with Gasteiger partial charge in [-0.2, -0.15) is 5.10 Å². The Kier molecular flexibility index (Phi) is 5.22. The van der Waals surface area contributed by atoms with E-state index in [-0.39, 0.29) is 13.0 Å². The minimum absolute atomic E-state index is 0.102. The number of alkyl halides is 2. The zero-order chi connectivity index (χ0) is 25.7. The Morgan fingerprint density at radius 1 is 0.868 bits per heavy atom.